The average Bonchev–Trinajstić information content (AvgIpc) is 2.40. The summed E-state index contributed by atoms with van der Waals surface area (Å²) in [5, 5.41) is 8.79. The highest BCUT2D eigenvalue weighted by Crippen LogP contribution is 2.31. The highest BCUT2D eigenvalue weighted by Gasteiger charge is 2.06. The van der Waals surface area contributed by atoms with Crippen molar-refractivity contribution in [2.24, 2.45) is 0 Å². The van der Waals surface area contributed by atoms with Crippen molar-refractivity contribution in [2.45, 2.75) is 0 Å². The molecule has 0 radical (unpaired) electrons. The second-order valence-corrected chi connectivity index (χ2v) is 3.39. The summed E-state index contributed by atoms with van der Waals surface area (Å²) in [5.74, 6) is 1.88. The number of nitrogens with zero attached hydrogens (tertiary/aromatic N) is 1. The van der Waals surface area contributed by atoms with Gasteiger partial charge in [0.25, 0.3) is 0 Å². The second-order valence-electron chi connectivity index (χ2n) is 3.39. The van der Waals surface area contributed by atoms with Crippen molar-refractivity contribution in [3.05, 3.63) is 54.1 Å². The van der Waals surface area contributed by atoms with Crippen LogP contribution in [-0.2, 0) is 0 Å². The van der Waals surface area contributed by atoms with Crippen LogP contribution in [0.25, 0.3) is 0 Å². The number of para-hydroxylation sites is 1. The fourth-order valence-electron chi connectivity index (χ4n) is 1.44. The zero-order valence-electron chi connectivity index (χ0n) is 9.38. The third-order valence-corrected chi connectivity index (χ3v) is 2.26. The van der Waals surface area contributed by atoms with Gasteiger partial charge in [-0.1, -0.05) is 18.2 Å². The van der Waals surface area contributed by atoms with E-state index in [0.29, 0.717) is 17.1 Å². The predicted molar refractivity (Wildman–Crippen MR) is 64.2 cm³/mol. The quantitative estimate of drug-likeness (QED) is 0.804. The third-order valence-electron chi connectivity index (χ3n) is 2.26. The van der Waals surface area contributed by atoms with Crippen molar-refractivity contribution >= 4 is 0 Å². The van der Waals surface area contributed by atoms with E-state index < -0.39 is 0 Å². The fourth-order valence-corrected chi connectivity index (χ4v) is 1.44. The molecule has 0 spiro atoms. The number of hydrogen-bond donors (Lipinski definition) is 0. The normalized spacial score (nSPS) is 9.41. The first kappa shape index (κ1) is 11.0. The van der Waals surface area contributed by atoms with Crippen LogP contribution in [0.3, 0.4) is 0 Å². The van der Waals surface area contributed by atoms with E-state index >= 15 is 0 Å². The third kappa shape index (κ3) is 2.56. The molecular formula is C14H11NO2. The van der Waals surface area contributed by atoms with E-state index in [1.807, 2.05) is 30.3 Å². The van der Waals surface area contributed by atoms with Crippen molar-refractivity contribution < 1.29 is 9.47 Å². The summed E-state index contributed by atoms with van der Waals surface area (Å²) in [4.78, 5) is 0. The van der Waals surface area contributed by atoms with Gasteiger partial charge >= 0.3 is 0 Å². The Labute approximate surface area is 99.8 Å². The van der Waals surface area contributed by atoms with Crippen LogP contribution >= 0.6 is 0 Å². The summed E-state index contributed by atoms with van der Waals surface area (Å²) < 4.78 is 10.8. The van der Waals surface area contributed by atoms with Gasteiger partial charge in [-0.05, 0) is 24.3 Å². The van der Waals surface area contributed by atoms with Crippen LogP contribution in [0, 0.1) is 11.3 Å². The summed E-state index contributed by atoms with van der Waals surface area (Å²) in [5.41, 5.74) is 0.544. The monoisotopic (exact) mass is 225 g/mol. The molecule has 0 N–H and O–H groups in total. The van der Waals surface area contributed by atoms with Crippen LogP contribution < -0.4 is 9.47 Å². The first-order chi connectivity index (χ1) is 8.33. The molecule has 0 bridgehead atoms. The van der Waals surface area contributed by atoms with Crippen LogP contribution in [-0.4, -0.2) is 7.11 Å². The number of benzene rings is 2. The molecular weight excluding hydrogens is 214 g/mol. The summed E-state index contributed by atoms with van der Waals surface area (Å²) in [6.07, 6.45) is 0. The lowest BCUT2D eigenvalue weighted by atomic mass is 10.2. The van der Waals surface area contributed by atoms with Crippen LogP contribution in [0.1, 0.15) is 5.56 Å². The van der Waals surface area contributed by atoms with E-state index in [4.69, 9.17) is 14.7 Å². The molecule has 17 heavy (non-hydrogen) atoms. The van der Waals surface area contributed by atoms with Gasteiger partial charge in [0.15, 0.2) is 11.5 Å². The Balaban J connectivity index is 2.30. The van der Waals surface area contributed by atoms with E-state index in [2.05, 4.69) is 6.07 Å². The Morgan fingerprint density at radius 1 is 1.00 bits per heavy atom. The molecule has 0 saturated heterocycles. The van der Waals surface area contributed by atoms with E-state index in [-0.39, 0.29) is 0 Å². The summed E-state index contributed by atoms with van der Waals surface area (Å²) in [6.45, 7) is 0. The van der Waals surface area contributed by atoms with E-state index in [1.165, 1.54) is 0 Å². The number of ether oxygens (including phenoxy) is 2. The van der Waals surface area contributed by atoms with Crippen molar-refractivity contribution in [2.75, 3.05) is 7.11 Å². The Morgan fingerprint density at radius 3 is 2.41 bits per heavy atom. The molecule has 0 unspecified atom stereocenters. The standard InChI is InChI=1S/C14H11NO2/c1-16-14-9-11(10-15)7-8-13(14)17-12-5-3-2-4-6-12/h2-9H,1H3. The Kier molecular flexibility index (Phi) is 3.27. The largest absolute Gasteiger partial charge is 0.493 e. The number of methoxy groups -OCH3 is 1. The van der Waals surface area contributed by atoms with Gasteiger partial charge in [-0.2, -0.15) is 5.26 Å². The van der Waals surface area contributed by atoms with E-state index in [9.17, 15) is 0 Å². The maximum absolute atomic E-state index is 8.79. The lowest BCUT2D eigenvalue weighted by Gasteiger charge is -2.10. The molecule has 0 aliphatic carbocycles. The molecule has 0 fully saturated rings. The van der Waals surface area contributed by atoms with Gasteiger partial charge in [0.1, 0.15) is 5.75 Å². The minimum absolute atomic E-state index is 0.544. The molecule has 2 aromatic carbocycles. The molecule has 0 aromatic heterocycles. The van der Waals surface area contributed by atoms with Crippen LogP contribution in [0.4, 0.5) is 0 Å². The van der Waals surface area contributed by atoms with Gasteiger partial charge < -0.3 is 9.47 Å². The lowest BCUT2D eigenvalue weighted by Crippen LogP contribution is -1.91. The van der Waals surface area contributed by atoms with E-state index in [1.54, 1.807) is 25.3 Å². The topological polar surface area (TPSA) is 42.2 Å². The molecule has 0 aliphatic heterocycles. The van der Waals surface area contributed by atoms with Crippen molar-refractivity contribution in [3.63, 3.8) is 0 Å². The number of hydrogen-bond acceptors (Lipinski definition) is 3. The molecule has 84 valence electrons. The predicted octanol–water partition coefficient (Wildman–Crippen LogP) is 3.36. The zero-order chi connectivity index (χ0) is 12.1. The molecule has 0 saturated carbocycles. The fraction of sp³-hybridized carbons (Fsp3) is 0.0714. The van der Waals surface area contributed by atoms with Crippen molar-refractivity contribution in [1.82, 2.24) is 0 Å². The van der Waals surface area contributed by atoms with Gasteiger partial charge in [-0.25, -0.2) is 0 Å². The van der Waals surface area contributed by atoms with Gasteiger partial charge in [-0.15, -0.1) is 0 Å². The molecule has 0 atom stereocenters. The highest BCUT2D eigenvalue weighted by molar-refractivity contribution is 5.48. The lowest BCUT2D eigenvalue weighted by molar-refractivity contribution is 0.378. The second kappa shape index (κ2) is 5.04. The molecule has 2 rings (SSSR count). The van der Waals surface area contributed by atoms with E-state index in [0.717, 1.165) is 5.75 Å². The Hall–Kier alpha value is -2.47. The van der Waals surface area contributed by atoms with Crippen molar-refractivity contribution in [3.8, 4) is 23.3 Å². The molecule has 3 heteroatoms. The number of nitriles is 1. The molecule has 2 aromatic rings. The van der Waals surface area contributed by atoms with Gasteiger partial charge in [0.05, 0.1) is 18.7 Å². The van der Waals surface area contributed by atoms with Crippen LogP contribution in [0.2, 0.25) is 0 Å². The molecule has 3 nitrogen and oxygen atoms in total. The molecule has 0 heterocycles. The maximum atomic E-state index is 8.79. The van der Waals surface area contributed by atoms with Gasteiger partial charge in [-0.3, -0.25) is 0 Å². The zero-order valence-corrected chi connectivity index (χ0v) is 9.38. The van der Waals surface area contributed by atoms with Gasteiger partial charge in [0.2, 0.25) is 0 Å². The Morgan fingerprint density at radius 2 is 1.76 bits per heavy atom. The summed E-state index contributed by atoms with van der Waals surface area (Å²) >= 11 is 0. The Bertz CT molecular complexity index is 544. The van der Waals surface area contributed by atoms with Gasteiger partial charge in [0, 0.05) is 6.07 Å². The first-order valence-corrected chi connectivity index (χ1v) is 5.14. The molecule has 0 amide bonds. The first-order valence-electron chi connectivity index (χ1n) is 5.14. The molecule has 0 aliphatic rings. The minimum Gasteiger partial charge on any atom is -0.493 e. The highest BCUT2D eigenvalue weighted by atomic mass is 16.5. The average molecular weight is 225 g/mol. The van der Waals surface area contributed by atoms with Crippen LogP contribution in [0.15, 0.2) is 48.5 Å². The summed E-state index contributed by atoms with van der Waals surface area (Å²) in [7, 11) is 1.55. The minimum atomic E-state index is 0.544. The SMILES string of the molecule is COc1cc(C#N)ccc1Oc1ccccc1. The number of rotatable bonds is 3. The summed E-state index contributed by atoms with van der Waals surface area (Å²) in [6, 6.07) is 16.6. The van der Waals surface area contributed by atoms with Crippen molar-refractivity contribution in [1.29, 1.82) is 5.26 Å². The van der Waals surface area contributed by atoms with Crippen LogP contribution in [0.5, 0.6) is 17.2 Å². The smallest absolute Gasteiger partial charge is 0.169 e. The maximum Gasteiger partial charge on any atom is 0.169 e.